The molecule has 0 amide bonds. The van der Waals surface area contributed by atoms with Crippen LogP contribution in [0.3, 0.4) is 0 Å². The van der Waals surface area contributed by atoms with E-state index in [1.165, 1.54) is 20.5 Å². The van der Waals surface area contributed by atoms with E-state index in [1.807, 2.05) is 0 Å². The van der Waals surface area contributed by atoms with E-state index in [4.69, 9.17) is 4.42 Å². The molecule has 1 rings (SSSR count). The number of furan rings is 1. The van der Waals surface area contributed by atoms with E-state index in [0.29, 0.717) is 5.76 Å². The summed E-state index contributed by atoms with van der Waals surface area (Å²) in [7, 11) is 2.60. The van der Waals surface area contributed by atoms with Gasteiger partial charge in [-0.15, -0.1) is 0 Å². The molecule has 0 atom stereocenters. The zero-order valence-corrected chi connectivity index (χ0v) is 7.31. The van der Waals surface area contributed by atoms with Gasteiger partial charge in [-0.1, -0.05) is 5.16 Å². The average Bonchev–Trinajstić information content (AvgIpc) is 2.65. The quantitative estimate of drug-likeness (QED) is 0.395. The van der Waals surface area contributed by atoms with Gasteiger partial charge in [0.15, 0.2) is 5.76 Å². The van der Waals surface area contributed by atoms with Gasteiger partial charge >= 0.3 is 5.97 Å². The van der Waals surface area contributed by atoms with Crippen LogP contribution in [0.4, 0.5) is 0 Å². The Morgan fingerprint density at radius 3 is 2.77 bits per heavy atom. The number of ether oxygens (including phenoxy) is 1. The summed E-state index contributed by atoms with van der Waals surface area (Å²) in [6, 6.07) is 3.23. The maximum Gasteiger partial charge on any atom is 0.364 e. The van der Waals surface area contributed by atoms with Gasteiger partial charge in [-0.05, 0) is 12.1 Å². The highest BCUT2D eigenvalue weighted by Crippen LogP contribution is 2.04. The summed E-state index contributed by atoms with van der Waals surface area (Å²) in [4.78, 5) is 15.6. The predicted octanol–water partition coefficient (Wildman–Crippen LogP) is 0.803. The van der Waals surface area contributed by atoms with Crippen molar-refractivity contribution in [2.75, 3.05) is 14.2 Å². The summed E-state index contributed by atoms with van der Waals surface area (Å²) in [5, 5.41) is 3.49. The van der Waals surface area contributed by atoms with Gasteiger partial charge in [0.2, 0.25) is 5.71 Å². The van der Waals surface area contributed by atoms with Crippen LogP contribution in [0.1, 0.15) is 5.76 Å². The fraction of sp³-hybridized carbons (Fsp3) is 0.250. The molecule has 1 aromatic rings. The van der Waals surface area contributed by atoms with Crippen molar-refractivity contribution >= 4 is 11.7 Å². The van der Waals surface area contributed by atoms with Gasteiger partial charge < -0.3 is 14.0 Å². The Kier molecular flexibility index (Phi) is 3.08. The SMILES string of the molecule is CO/N=C(/C(=O)OC)c1ccco1. The first-order valence-corrected chi connectivity index (χ1v) is 3.53. The van der Waals surface area contributed by atoms with Crippen LogP contribution in [0.5, 0.6) is 0 Å². The molecule has 0 bridgehead atoms. The molecule has 1 heterocycles. The van der Waals surface area contributed by atoms with Gasteiger partial charge in [0.25, 0.3) is 0 Å². The molecule has 0 aliphatic rings. The van der Waals surface area contributed by atoms with Crippen molar-refractivity contribution in [1.82, 2.24) is 0 Å². The van der Waals surface area contributed by atoms with Gasteiger partial charge in [0, 0.05) is 0 Å². The summed E-state index contributed by atoms with van der Waals surface area (Å²) < 4.78 is 9.44. The van der Waals surface area contributed by atoms with Crippen molar-refractivity contribution in [3.05, 3.63) is 24.2 Å². The van der Waals surface area contributed by atoms with Crippen molar-refractivity contribution in [3.63, 3.8) is 0 Å². The zero-order valence-electron chi connectivity index (χ0n) is 7.31. The summed E-state index contributed by atoms with van der Waals surface area (Å²) in [6.07, 6.45) is 1.43. The minimum atomic E-state index is -0.600. The summed E-state index contributed by atoms with van der Waals surface area (Å²) in [5.41, 5.74) is 0.00926. The number of carbonyl (C=O) groups excluding carboxylic acids is 1. The third-order valence-electron chi connectivity index (χ3n) is 1.32. The Balaban J connectivity index is 2.94. The van der Waals surface area contributed by atoms with E-state index in [0.717, 1.165) is 0 Å². The molecule has 0 unspecified atom stereocenters. The minimum absolute atomic E-state index is 0.00926. The Labute approximate surface area is 74.9 Å². The van der Waals surface area contributed by atoms with Crippen LogP contribution in [0.15, 0.2) is 28.0 Å². The number of nitrogens with zero attached hydrogens (tertiary/aromatic N) is 1. The van der Waals surface area contributed by atoms with Crippen LogP contribution in [0.25, 0.3) is 0 Å². The smallest absolute Gasteiger partial charge is 0.364 e. The van der Waals surface area contributed by atoms with Gasteiger partial charge in [0.05, 0.1) is 13.4 Å². The number of esters is 1. The van der Waals surface area contributed by atoms with Crippen molar-refractivity contribution in [2.45, 2.75) is 0 Å². The van der Waals surface area contributed by atoms with E-state index in [1.54, 1.807) is 12.1 Å². The van der Waals surface area contributed by atoms with Crippen LogP contribution < -0.4 is 0 Å². The lowest BCUT2D eigenvalue weighted by Crippen LogP contribution is -2.16. The van der Waals surface area contributed by atoms with E-state index in [9.17, 15) is 4.79 Å². The Morgan fingerprint density at radius 2 is 2.31 bits per heavy atom. The average molecular weight is 183 g/mol. The molecule has 0 saturated carbocycles. The second kappa shape index (κ2) is 4.30. The molecule has 1 aromatic heterocycles. The molecule has 0 radical (unpaired) electrons. The monoisotopic (exact) mass is 183 g/mol. The fourth-order valence-corrected chi connectivity index (χ4v) is 0.784. The van der Waals surface area contributed by atoms with Gasteiger partial charge in [-0.3, -0.25) is 0 Å². The first-order chi connectivity index (χ1) is 6.29. The lowest BCUT2D eigenvalue weighted by molar-refractivity contribution is -0.132. The maximum atomic E-state index is 11.1. The third kappa shape index (κ3) is 2.08. The lowest BCUT2D eigenvalue weighted by atomic mass is 10.3. The minimum Gasteiger partial charge on any atom is -0.464 e. The number of hydrogen-bond acceptors (Lipinski definition) is 5. The molecule has 0 saturated heterocycles. The van der Waals surface area contributed by atoms with Crippen LogP contribution in [0, 0.1) is 0 Å². The molecular formula is C8H9NO4. The molecule has 70 valence electrons. The van der Waals surface area contributed by atoms with Crippen LogP contribution in [-0.2, 0) is 14.4 Å². The van der Waals surface area contributed by atoms with E-state index in [2.05, 4.69) is 14.7 Å². The molecular weight excluding hydrogens is 174 g/mol. The molecule has 0 N–H and O–H groups in total. The molecule has 0 aliphatic heterocycles. The second-order valence-corrected chi connectivity index (χ2v) is 2.09. The van der Waals surface area contributed by atoms with Crippen molar-refractivity contribution in [3.8, 4) is 0 Å². The maximum absolute atomic E-state index is 11.1. The number of hydrogen-bond donors (Lipinski definition) is 0. The molecule has 5 heteroatoms. The Hall–Kier alpha value is -1.78. The van der Waals surface area contributed by atoms with Crippen LogP contribution in [0.2, 0.25) is 0 Å². The predicted molar refractivity (Wildman–Crippen MR) is 44.3 cm³/mol. The molecule has 5 nitrogen and oxygen atoms in total. The zero-order chi connectivity index (χ0) is 9.68. The number of methoxy groups -OCH3 is 1. The largest absolute Gasteiger partial charge is 0.464 e. The topological polar surface area (TPSA) is 61.0 Å². The highest BCUT2D eigenvalue weighted by Gasteiger charge is 2.17. The normalized spacial score (nSPS) is 11.1. The molecule has 0 aromatic carbocycles. The molecule has 13 heavy (non-hydrogen) atoms. The van der Waals surface area contributed by atoms with Crippen LogP contribution >= 0.6 is 0 Å². The Morgan fingerprint density at radius 1 is 1.54 bits per heavy atom. The summed E-state index contributed by atoms with van der Waals surface area (Å²) in [6.45, 7) is 0. The van der Waals surface area contributed by atoms with Gasteiger partial charge in [-0.2, -0.15) is 0 Å². The standard InChI is InChI=1S/C8H9NO4/c1-11-8(10)7(9-12-2)6-4-3-5-13-6/h3-5H,1-2H3/b9-7+. The summed E-state index contributed by atoms with van der Waals surface area (Å²) >= 11 is 0. The summed E-state index contributed by atoms with van der Waals surface area (Å²) in [5.74, 6) is -0.287. The van der Waals surface area contributed by atoms with E-state index in [-0.39, 0.29) is 5.71 Å². The molecule has 0 spiro atoms. The van der Waals surface area contributed by atoms with Gasteiger partial charge in [0.1, 0.15) is 7.11 Å². The van der Waals surface area contributed by atoms with Crippen LogP contribution in [-0.4, -0.2) is 25.9 Å². The van der Waals surface area contributed by atoms with Crippen molar-refractivity contribution in [2.24, 2.45) is 5.16 Å². The third-order valence-corrected chi connectivity index (χ3v) is 1.32. The highest BCUT2D eigenvalue weighted by atomic mass is 16.6. The first kappa shape index (κ1) is 9.31. The fourth-order valence-electron chi connectivity index (χ4n) is 0.784. The van der Waals surface area contributed by atoms with E-state index >= 15 is 0 Å². The lowest BCUT2D eigenvalue weighted by Gasteiger charge is -1.98. The molecule has 0 fully saturated rings. The second-order valence-electron chi connectivity index (χ2n) is 2.09. The Bertz CT molecular complexity index is 302. The number of rotatable bonds is 3. The number of oxime groups is 1. The van der Waals surface area contributed by atoms with Crippen molar-refractivity contribution in [1.29, 1.82) is 0 Å². The van der Waals surface area contributed by atoms with E-state index < -0.39 is 5.97 Å². The molecule has 0 aliphatic carbocycles. The first-order valence-electron chi connectivity index (χ1n) is 3.53. The number of carbonyl (C=O) groups is 1. The van der Waals surface area contributed by atoms with Crippen molar-refractivity contribution < 1.29 is 18.8 Å². The van der Waals surface area contributed by atoms with Gasteiger partial charge in [-0.25, -0.2) is 4.79 Å². The highest BCUT2D eigenvalue weighted by molar-refractivity contribution is 6.42.